The minimum absolute atomic E-state index is 0.0817. The van der Waals surface area contributed by atoms with Gasteiger partial charge in [-0.3, -0.25) is 14.1 Å². The number of esters is 2. The molecule has 0 aromatic rings. The van der Waals surface area contributed by atoms with Gasteiger partial charge >= 0.3 is 11.9 Å². The van der Waals surface area contributed by atoms with Gasteiger partial charge in [-0.15, -0.1) is 0 Å². The molecule has 1 amide bonds. The van der Waals surface area contributed by atoms with Crippen LogP contribution in [0.3, 0.4) is 0 Å². The molecule has 0 bridgehead atoms. The van der Waals surface area contributed by atoms with Gasteiger partial charge < -0.3 is 14.8 Å². The van der Waals surface area contributed by atoms with Crippen LogP contribution in [0, 0.1) is 0 Å². The molecule has 2 N–H and O–H groups in total. The number of hydrogen-bond donors (Lipinski definition) is 2. The summed E-state index contributed by atoms with van der Waals surface area (Å²) in [5, 5.41) is 2.28. The van der Waals surface area contributed by atoms with Crippen molar-refractivity contribution < 1.29 is 36.8 Å². The lowest BCUT2D eigenvalue weighted by atomic mass is 10.2. The molecule has 21 heavy (non-hydrogen) atoms. The van der Waals surface area contributed by atoms with Gasteiger partial charge in [-0.2, -0.15) is 8.42 Å². The minimum Gasteiger partial charge on any atom is -0.464 e. The number of carbonyl (C=O) groups is 3. The zero-order chi connectivity index (χ0) is 16.6. The summed E-state index contributed by atoms with van der Waals surface area (Å²) in [5.41, 5.74) is 0. The smallest absolute Gasteiger partial charge is 0.332 e. The van der Waals surface area contributed by atoms with Crippen LogP contribution < -0.4 is 5.32 Å². The fraction of sp³-hybridized carbons (Fsp3) is 0.727. The molecule has 2 unspecified atom stereocenters. The second-order valence-corrected chi connectivity index (χ2v) is 5.73. The van der Waals surface area contributed by atoms with Gasteiger partial charge in [0.05, 0.1) is 18.8 Å². The standard InChI is InChI=1S/C11H19NO8S/c1-4-19-11(15)10(12-8(3)13)7(2)20-9(14)5-6-21(16,17)18/h7,10H,4-6H2,1-3H3,(H,12,13)(H,16,17,18). The first-order valence-electron chi connectivity index (χ1n) is 6.15. The van der Waals surface area contributed by atoms with E-state index in [0.29, 0.717) is 0 Å². The van der Waals surface area contributed by atoms with Crippen LogP contribution in [0.1, 0.15) is 27.2 Å². The molecule has 0 saturated heterocycles. The molecule has 0 rings (SSSR count). The van der Waals surface area contributed by atoms with Gasteiger partial charge in [0.2, 0.25) is 5.91 Å². The van der Waals surface area contributed by atoms with E-state index < -0.39 is 52.3 Å². The van der Waals surface area contributed by atoms with Gasteiger partial charge in [0.15, 0.2) is 6.04 Å². The third-order valence-electron chi connectivity index (χ3n) is 2.25. The zero-order valence-electron chi connectivity index (χ0n) is 12.0. The highest BCUT2D eigenvalue weighted by Crippen LogP contribution is 2.05. The molecular formula is C11H19NO8S. The third kappa shape index (κ3) is 8.97. The Bertz CT molecular complexity index is 486. The number of nitrogens with one attached hydrogen (secondary N) is 1. The average Bonchev–Trinajstić information content (AvgIpc) is 2.32. The van der Waals surface area contributed by atoms with Crippen molar-refractivity contribution in [2.24, 2.45) is 0 Å². The Balaban J connectivity index is 4.65. The molecule has 0 spiro atoms. The molecule has 10 heteroatoms. The number of amides is 1. The lowest BCUT2D eigenvalue weighted by molar-refractivity contribution is -0.158. The lowest BCUT2D eigenvalue weighted by Crippen LogP contribution is -2.49. The average molecular weight is 325 g/mol. The monoisotopic (exact) mass is 325 g/mol. The van der Waals surface area contributed by atoms with E-state index in [-0.39, 0.29) is 6.61 Å². The highest BCUT2D eigenvalue weighted by molar-refractivity contribution is 7.85. The van der Waals surface area contributed by atoms with Gasteiger partial charge in [0.25, 0.3) is 10.1 Å². The van der Waals surface area contributed by atoms with Crippen LogP contribution in [0.2, 0.25) is 0 Å². The molecule has 0 radical (unpaired) electrons. The lowest BCUT2D eigenvalue weighted by Gasteiger charge is -2.22. The first-order chi connectivity index (χ1) is 9.56. The van der Waals surface area contributed by atoms with Crippen LogP contribution in [0.4, 0.5) is 0 Å². The fourth-order valence-electron chi connectivity index (χ4n) is 1.37. The summed E-state index contributed by atoms with van der Waals surface area (Å²) in [5.74, 6) is -3.01. The van der Waals surface area contributed by atoms with Crippen LogP contribution in [0.5, 0.6) is 0 Å². The molecule has 0 aliphatic heterocycles. The largest absolute Gasteiger partial charge is 0.464 e. The molecule has 0 fully saturated rings. The predicted molar refractivity (Wildman–Crippen MR) is 70.8 cm³/mol. The van der Waals surface area contributed by atoms with E-state index in [4.69, 9.17) is 14.0 Å². The fourth-order valence-corrected chi connectivity index (χ4v) is 1.79. The van der Waals surface area contributed by atoms with Crippen LogP contribution >= 0.6 is 0 Å². The summed E-state index contributed by atoms with van der Waals surface area (Å²) in [6, 6.07) is -1.20. The summed E-state index contributed by atoms with van der Waals surface area (Å²) in [7, 11) is -4.28. The first kappa shape index (κ1) is 19.3. The second kappa shape index (κ2) is 8.57. The Labute approximate surface area is 122 Å². The predicted octanol–water partition coefficient (Wildman–Crippen LogP) is -0.736. The molecular weight excluding hydrogens is 306 g/mol. The highest BCUT2D eigenvalue weighted by Gasteiger charge is 2.30. The SMILES string of the molecule is CCOC(=O)C(NC(C)=O)C(C)OC(=O)CCS(=O)(=O)O. The van der Waals surface area contributed by atoms with Crippen molar-refractivity contribution in [3.8, 4) is 0 Å². The Morgan fingerprint density at radius 3 is 2.29 bits per heavy atom. The van der Waals surface area contributed by atoms with E-state index in [1.165, 1.54) is 13.8 Å². The van der Waals surface area contributed by atoms with Crippen LogP contribution in [-0.4, -0.2) is 55.3 Å². The van der Waals surface area contributed by atoms with E-state index in [2.05, 4.69) is 5.32 Å². The molecule has 122 valence electrons. The molecule has 0 aromatic carbocycles. The van der Waals surface area contributed by atoms with Crippen molar-refractivity contribution in [1.29, 1.82) is 0 Å². The number of ether oxygens (including phenoxy) is 2. The Morgan fingerprint density at radius 2 is 1.86 bits per heavy atom. The zero-order valence-corrected chi connectivity index (χ0v) is 12.8. The van der Waals surface area contributed by atoms with Gasteiger partial charge in [0.1, 0.15) is 6.10 Å². The van der Waals surface area contributed by atoms with Crippen molar-refractivity contribution in [3.05, 3.63) is 0 Å². The topological polar surface area (TPSA) is 136 Å². The normalized spacial score (nSPS) is 13.9. The summed E-state index contributed by atoms with van der Waals surface area (Å²) in [6.45, 7) is 4.19. The van der Waals surface area contributed by atoms with E-state index in [1.807, 2.05) is 0 Å². The van der Waals surface area contributed by atoms with E-state index in [1.54, 1.807) is 6.92 Å². The molecule has 2 atom stereocenters. The quantitative estimate of drug-likeness (QED) is 0.440. The van der Waals surface area contributed by atoms with Crippen LogP contribution in [-0.2, 0) is 34.0 Å². The summed E-state index contributed by atoms with van der Waals surface area (Å²) >= 11 is 0. The Kier molecular flexibility index (Phi) is 7.89. The Morgan fingerprint density at radius 1 is 1.29 bits per heavy atom. The van der Waals surface area contributed by atoms with Crippen LogP contribution in [0.25, 0.3) is 0 Å². The van der Waals surface area contributed by atoms with Gasteiger partial charge in [-0.1, -0.05) is 0 Å². The molecule has 9 nitrogen and oxygen atoms in total. The Hall–Kier alpha value is -1.68. The summed E-state index contributed by atoms with van der Waals surface area (Å²) in [6.07, 6.45) is -1.62. The minimum atomic E-state index is -4.28. The second-order valence-electron chi connectivity index (χ2n) is 4.16. The molecule has 0 aliphatic carbocycles. The summed E-state index contributed by atoms with van der Waals surface area (Å²) < 4.78 is 39.1. The number of hydrogen-bond acceptors (Lipinski definition) is 7. The van der Waals surface area contributed by atoms with Crippen molar-refractivity contribution in [2.75, 3.05) is 12.4 Å². The number of carbonyl (C=O) groups excluding carboxylic acids is 3. The van der Waals surface area contributed by atoms with Gasteiger partial charge in [-0.05, 0) is 13.8 Å². The van der Waals surface area contributed by atoms with Crippen molar-refractivity contribution in [2.45, 2.75) is 39.3 Å². The van der Waals surface area contributed by atoms with Crippen molar-refractivity contribution in [1.82, 2.24) is 5.32 Å². The molecule has 0 saturated carbocycles. The molecule has 0 aliphatic rings. The highest BCUT2D eigenvalue weighted by atomic mass is 32.2. The van der Waals surface area contributed by atoms with E-state index in [9.17, 15) is 22.8 Å². The van der Waals surface area contributed by atoms with Crippen molar-refractivity contribution in [3.63, 3.8) is 0 Å². The third-order valence-corrected chi connectivity index (χ3v) is 2.97. The van der Waals surface area contributed by atoms with Crippen LogP contribution in [0.15, 0.2) is 0 Å². The first-order valence-corrected chi connectivity index (χ1v) is 7.76. The van der Waals surface area contributed by atoms with E-state index >= 15 is 0 Å². The molecule has 0 aromatic heterocycles. The maximum absolute atomic E-state index is 11.7. The van der Waals surface area contributed by atoms with Gasteiger partial charge in [-0.25, -0.2) is 4.79 Å². The van der Waals surface area contributed by atoms with E-state index in [0.717, 1.165) is 0 Å². The number of rotatable bonds is 8. The maximum atomic E-state index is 11.7. The van der Waals surface area contributed by atoms with Crippen molar-refractivity contribution >= 4 is 28.0 Å². The molecule has 0 heterocycles. The maximum Gasteiger partial charge on any atom is 0.332 e. The summed E-state index contributed by atoms with van der Waals surface area (Å²) in [4.78, 5) is 34.1. The van der Waals surface area contributed by atoms with Gasteiger partial charge in [0, 0.05) is 6.92 Å².